The first-order valence-electron chi connectivity index (χ1n) is 4.51. The molecular weight excluding hydrogens is 196 g/mol. The van der Waals surface area contributed by atoms with E-state index in [9.17, 15) is 0 Å². The number of nitrogens with two attached hydrogens (primary N) is 1. The van der Waals surface area contributed by atoms with Crippen LogP contribution < -0.4 is 5.73 Å². The number of hydrogen-bond acceptors (Lipinski definition) is 4. The van der Waals surface area contributed by atoms with Gasteiger partial charge in [-0.05, 0) is 23.9 Å². The standard InChI is InChI=1S/C10H12N2OS/c11-8(2-4-13)9-5-7-1-3-12-6-10(7)14-9/h1,3,5-6,8,13H,2,4,11H2. The maximum atomic E-state index is 8.79. The lowest BCUT2D eigenvalue weighted by atomic mass is 10.2. The zero-order valence-electron chi connectivity index (χ0n) is 7.68. The number of pyridine rings is 1. The van der Waals surface area contributed by atoms with Gasteiger partial charge in [0.25, 0.3) is 0 Å². The summed E-state index contributed by atoms with van der Waals surface area (Å²) in [7, 11) is 0. The molecule has 0 fully saturated rings. The number of fused-ring (bicyclic) bond motifs is 1. The van der Waals surface area contributed by atoms with Crippen molar-refractivity contribution in [1.82, 2.24) is 4.98 Å². The molecule has 0 saturated carbocycles. The molecule has 2 heterocycles. The van der Waals surface area contributed by atoms with Crippen LogP contribution in [0.3, 0.4) is 0 Å². The topological polar surface area (TPSA) is 59.1 Å². The minimum Gasteiger partial charge on any atom is -0.396 e. The summed E-state index contributed by atoms with van der Waals surface area (Å²) >= 11 is 1.65. The summed E-state index contributed by atoms with van der Waals surface area (Å²) in [6, 6.07) is 3.99. The van der Waals surface area contributed by atoms with Crippen molar-refractivity contribution in [1.29, 1.82) is 0 Å². The summed E-state index contributed by atoms with van der Waals surface area (Å²) in [6.07, 6.45) is 4.23. The van der Waals surface area contributed by atoms with Gasteiger partial charge in [-0.2, -0.15) is 0 Å². The van der Waals surface area contributed by atoms with Crippen molar-refractivity contribution >= 4 is 21.4 Å². The van der Waals surface area contributed by atoms with Crippen molar-refractivity contribution in [2.24, 2.45) is 5.73 Å². The molecule has 0 radical (unpaired) electrons. The van der Waals surface area contributed by atoms with Crippen LogP contribution in [0.15, 0.2) is 24.5 Å². The Morgan fingerprint density at radius 3 is 3.14 bits per heavy atom. The average Bonchev–Trinajstić information content (AvgIpc) is 2.61. The maximum absolute atomic E-state index is 8.79. The second-order valence-corrected chi connectivity index (χ2v) is 4.30. The zero-order chi connectivity index (χ0) is 9.97. The van der Waals surface area contributed by atoms with E-state index in [1.165, 1.54) is 5.39 Å². The number of aliphatic hydroxyl groups is 1. The molecule has 0 bridgehead atoms. The predicted octanol–water partition coefficient (Wildman–Crippen LogP) is 1.68. The van der Waals surface area contributed by atoms with Crippen LogP contribution in [0.1, 0.15) is 17.3 Å². The minimum absolute atomic E-state index is 0.0580. The summed E-state index contributed by atoms with van der Waals surface area (Å²) in [6.45, 7) is 0.133. The van der Waals surface area contributed by atoms with Crippen LogP contribution in [0.4, 0.5) is 0 Å². The summed E-state index contributed by atoms with van der Waals surface area (Å²) in [4.78, 5) is 5.16. The maximum Gasteiger partial charge on any atom is 0.0529 e. The van der Waals surface area contributed by atoms with E-state index in [1.807, 2.05) is 12.3 Å². The van der Waals surface area contributed by atoms with E-state index < -0.39 is 0 Å². The van der Waals surface area contributed by atoms with Gasteiger partial charge in [0, 0.05) is 29.9 Å². The Labute approximate surface area is 86.2 Å². The van der Waals surface area contributed by atoms with Crippen LogP contribution in [-0.4, -0.2) is 16.7 Å². The number of hydrogen-bond donors (Lipinski definition) is 2. The van der Waals surface area contributed by atoms with Crippen molar-refractivity contribution in [3.05, 3.63) is 29.4 Å². The van der Waals surface area contributed by atoms with Crippen LogP contribution >= 0.6 is 11.3 Å². The Hall–Kier alpha value is -0.970. The molecule has 4 heteroatoms. The Balaban J connectivity index is 2.35. The van der Waals surface area contributed by atoms with Gasteiger partial charge in [0.2, 0.25) is 0 Å². The molecule has 14 heavy (non-hydrogen) atoms. The summed E-state index contributed by atoms with van der Waals surface area (Å²) in [5, 5.41) is 9.96. The Morgan fingerprint density at radius 1 is 1.57 bits per heavy atom. The Bertz CT molecular complexity index is 394. The van der Waals surface area contributed by atoms with E-state index in [1.54, 1.807) is 17.5 Å². The molecule has 2 aromatic heterocycles. The van der Waals surface area contributed by atoms with Crippen LogP contribution in [0.25, 0.3) is 10.1 Å². The van der Waals surface area contributed by atoms with Gasteiger partial charge in [-0.15, -0.1) is 11.3 Å². The van der Waals surface area contributed by atoms with Crippen molar-refractivity contribution < 1.29 is 5.11 Å². The lowest BCUT2D eigenvalue weighted by Crippen LogP contribution is -2.09. The minimum atomic E-state index is -0.0580. The number of aliphatic hydroxyl groups excluding tert-OH is 1. The predicted molar refractivity (Wildman–Crippen MR) is 58.3 cm³/mol. The van der Waals surface area contributed by atoms with E-state index in [-0.39, 0.29) is 12.6 Å². The number of aromatic nitrogens is 1. The van der Waals surface area contributed by atoms with Crippen LogP contribution in [0.5, 0.6) is 0 Å². The molecular formula is C10H12N2OS. The highest BCUT2D eigenvalue weighted by Gasteiger charge is 2.08. The summed E-state index contributed by atoms with van der Waals surface area (Å²) in [5.74, 6) is 0. The first kappa shape index (κ1) is 9.58. The lowest BCUT2D eigenvalue weighted by molar-refractivity contribution is 0.277. The fourth-order valence-corrected chi connectivity index (χ4v) is 2.44. The molecule has 2 aromatic rings. The molecule has 0 aromatic carbocycles. The van der Waals surface area contributed by atoms with Gasteiger partial charge in [0.15, 0.2) is 0 Å². The fraction of sp³-hybridized carbons (Fsp3) is 0.300. The molecule has 0 aliphatic heterocycles. The fourth-order valence-electron chi connectivity index (χ4n) is 1.37. The van der Waals surface area contributed by atoms with Crippen LogP contribution in [0, 0.1) is 0 Å². The second-order valence-electron chi connectivity index (χ2n) is 3.18. The van der Waals surface area contributed by atoms with Gasteiger partial charge in [0.1, 0.15) is 0 Å². The summed E-state index contributed by atoms with van der Waals surface area (Å²) in [5.41, 5.74) is 5.90. The quantitative estimate of drug-likeness (QED) is 0.806. The molecule has 3 N–H and O–H groups in total. The van der Waals surface area contributed by atoms with Crippen molar-refractivity contribution in [2.45, 2.75) is 12.5 Å². The Morgan fingerprint density at radius 2 is 2.43 bits per heavy atom. The van der Waals surface area contributed by atoms with E-state index in [0.717, 1.165) is 9.58 Å². The average molecular weight is 208 g/mol. The summed E-state index contributed by atoms with van der Waals surface area (Å²) < 4.78 is 1.15. The van der Waals surface area contributed by atoms with Crippen molar-refractivity contribution in [2.75, 3.05) is 6.61 Å². The Kier molecular flexibility index (Phi) is 2.77. The van der Waals surface area contributed by atoms with E-state index in [0.29, 0.717) is 6.42 Å². The normalized spacial score (nSPS) is 13.3. The van der Waals surface area contributed by atoms with Crippen molar-refractivity contribution in [3.63, 3.8) is 0 Å². The SMILES string of the molecule is NC(CCO)c1cc2ccncc2s1. The molecule has 2 rings (SSSR count). The highest BCUT2D eigenvalue weighted by atomic mass is 32.1. The smallest absolute Gasteiger partial charge is 0.0529 e. The van der Waals surface area contributed by atoms with Gasteiger partial charge >= 0.3 is 0 Å². The third kappa shape index (κ3) is 1.77. The number of rotatable bonds is 3. The molecule has 1 atom stereocenters. The third-order valence-electron chi connectivity index (χ3n) is 2.15. The van der Waals surface area contributed by atoms with Crippen molar-refractivity contribution in [3.8, 4) is 0 Å². The molecule has 74 valence electrons. The zero-order valence-corrected chi connectivity index (χ0v) is 8.50. The van der Waals surface area contributed by atoms with E-state index >= 15 is 0 Å². The van der Waals surface area contributed by atoms with Gasteiger partial charge < -0.3 is 10.8 Å². The third-order valence-corrected chi connectivity index (χ3v) is 3.36. The van der Waals surface area contributed by atoms with E-state index in [4.69, 9.17) is 10.8 Å². The van der Waals surface area contributed by atoms with Gasteiger partial charge in [-0.1, -0.05) is 0 Å². The van der Waals surface area contributed by atoms with Gasteiger partial charge in [0.05, 0.1) is 4.70 Å². The largest absolute Gasteiger partial charge is 0.396 e. The molecule has 0 amide bonds. The molecule has 0 aliphatic rings. The monoisotopic (exact) mass is 208 g/mol. The molecule has 0 aliphatic carbocycles. The molecule has 0 spiro atoms. The molecule has 3 nitrogen and oxygen atoms in total. The van der Waals surface area contributed by atoms with Crippen LogP contribution in [-0.2, 0) is 0 Å². The highest BCUT2D eigenvalue weighted by Crippen LogP contribution is 2.29. The molecule has 1 unspecified atom stereocenters. The number of thiophene rings is 1. The van der Waals surface area contributed by atoms with Gasteiger partial charge in [-0.25, -0.2) is 0 Å². The molecule has 0 saturated heterocycles. The van der Waals surface area contributed by atoms with E-state index in [2.05, 4.69) is 11.1 Å². The number of nitrogens with zero attached hydrogens (tertiary/aromatic N) is 1. The first-order chi connectivity index (χ1) is 6.81. The van der Waals surface area contributed by atoms with Crippen LogP contribution in [0.2, 0.25) is 0 Å². The van der Waals surface area contributed by atoms with Gasteiger partial charge in [-0.3, -0.25) is 4.98 Å². The second kappa shape index (κ2) is 4.04. The highest BCUT2D eigenvalue weighted by molar-refractivity contribution is 7.19. The lowest BCUT2D eigenvalue weighted by Gasteiger charge is -2.05. The first-order valence-corrected chi connectivity index (χ1v) is 5.33.